The summed E-state index contributed by atoms with van der Waals surface area (Å²) in [4.78, 5) is 15.0. The van der Waals surface area contributed by atoms with E-state index in [1.807, 2.05) is 22.0 Å². The van der Waals surface area contributed by atoms with E-state index in [2.05, 4.69) is 29.0 Å². The Morgan fingerprint density at radius 1 is 1.13 bits per heavy atom. The second-order valence-electron chi connectivity index (χ2n) is 6.62. The van der Waals surface area contributed by atoms with E-state index in [-0.39, 0.29) is 11.9 Å². The van der Waals surface area contributed by atoms with E-state index in [0.29, 0.717) is 6.54 Å². The van der Waals surface area contributed by atoms with Gasteiger partial charge in [0.05, 0.1) is 6.54 Å². The third kappa shape index (κ3) is 2.44. The Balaban J connectivity index is 1.64. The van der Waals surface area contributed by atoms with Crippen molar-refractivity contribution in [2.75, 3.05) is 19.6 Å². The molecule has 0 aromatic heterocycles. The van der Waals surface area contributed by atoms with Crippen LogP contribution in [0.3, 0.4) is 0 Å². The number of rotatable bonds is 1. The molecular formula is C18H22N4O. The predicted molar refractivity (Wildman–Crippen MR) is 88.6 cm³/mol. The Labute approximate surface area is 136 Å². The molecule has 0 radical (unpaired) electrons. The molecule has 0 N–H and O–H groups in total. The maximum atomic E-state index is 13.0. The molecule has 0 aliphatic carbocycles. The summed E-state index contributed by atoms with van der Waals surface area (Å²) in [5.41, 5.74) is 3.32. The Kier molecular flexibility index (Phi) is 3.63. The number of fused-ring (bicyclic) bond motifs is 3. The number of carbonyl (C=O) groups excluding carboxylic acids is 1. The van der Waals surface area contributed by atoms with E-state index in [4.69, 9.17) is 0 Å². The first-order chi connectivity index (χ1) is 11.3. The first-order valence-corrected chi connectivity index (χ1v) is 8.49. The van der Waals surface area contributed by atoms with Gasteiger partial charge < -0.3 is 4.90 Å². The normalized spacial score (nSPS) is 26.7. The van der Waals surface area contributed by atoms with Crippen LogP contribution in [0, 0.1) is 0 Å². The van der Waals surface area contributed by atoms with E-state index in [9.17, 15) is 4.79 Å². The van der Waals surface area contributed by atoms with Crippen LogP contribution in [0.25, 0.3) is 5.57 Å². The van der Waals surface area contributed by atoms with Crippen molar-refractivity contribution < 1.29 is 4.79 Å². The summed E-state index contributed by atoms with van der Waals surface area (Å²) in [5.74, 6) is 0.130. The average Bonchev–Trinajstić information content (AvgIpc) is 2.81. The fourth-order valence-electron chi connectivity index (χ4n) is 3.88. The van der Waals surface area contributed by atoms with Crippen LogP contribution in [-0.4, -0.2) is 41.5 Å². The molecule has 3 aliphatic heterocycles. The lowest BCUT2D eigenvalue weighted by Crippen LogP contribution is -2.44. The van der Waals surface area contributed by atoms with Crippen molar-refractivity contribution in [2.24, 2.45) is 10.3 Å². The third-order valence-corrected chi connectivity index (χ3v) is 5.10. The second-order valence-corrected chi connectivity index (χ2v) is 6.62. The Bertz CT molecular complexity index is 661. The molecule has 1 fully saturated rings. The summed E-state index contributed by atoms with van der Waals surface area (Å²) in [6.45, 7) is 6.50. The Hall–Kier alpha value is -2.17. The predicted octanol–water partition coefficient (Wildman–Crippen LogP) is 3.21. The van der Waals surface area contributed by atoms with Crippen LogP contribution in [0.15, 0.2) is 41.2 Å². The van der Waals surface area contributed by atoms with Gasteiger partial charge in [-0.2, -0.15) is 5.11 Å². The first kappa shape index (κ1) is 14.4. The van der Waals surface area contributed by atoms with Crippen LogP contribution >= 0.6 is 0 Å². The number of benzene rings is 1. The van der Waals surface area contributed by atoms with Gasteiger partial charge in [-0.1, -0.05) is 48.9 Å². The molecule has 1 aromatic carbocycles. The molecule has 4 rings (SSSR count). The highest BCUT2D eigenvalue weighted by Crippen LogP contribution is 2.41. The van der Waals surface area contributed by atoms with E-state index in [1.54, 1.807) is 0 Å². The van der Waals surface area contributed by atoms with Crippen LogP contribution in [0.2, 0.25) is 0 Å². The number of likely N-dealkylation sites (tertiary alicyclic amines) is 1. The monoisotopic (exact) mass is 310 g/mol. The van der Waals surface area contributed by atoms with Crippen molar-refractivity contribution in [3.63, 3.8) is 0 Å². The Morgan fingerprint density at radius 2 is 1.87 bits per heavy atom. The molecule has 1 amide bonds. The lowest BCUT2D eigenvalue weighted by Gasteiger charge is -2.34. The van der Waals surface area contributed by atoms with Gasteiger partial charge in [0.2, 0.25) is 0 Å². The zero-order valence-corrected chi connectivity index (χ0v) is 13.3. The van der Waals surface area contributed by atoms with E-state index < -0.39 is 6.04 Å². The fourth-order valence-corrected chi connectivity index (χ4v) is 3.88. The Morgan fingerprint density at radius 3 is 2.65 bits per heavy atom. The SMILES string of the molecule is C=C1CN2N=N[C@@H](C(=O)N3CCCCCC3)[C@@H]2c2ccccc21. The lowest BCUT2D eigenvalue weighted by atomic mass is 9.87. The highest BCUT2D eigenvalue weighted by Gasteiger charge is 2.44. The minimum atomic E-state index is -0.414. The highest BCUT2D eigenvalue weighted by molar-refractivity contribution is 5.84. The van der Waals surface area contributed by atoms with Crippen molar-refractivity contribution in [3.8, 4) is 0 Å². The zero-order valence-electron chi connectivity index (χ0n) is 13.3. The minimum absolute atomic E-state index is 0.0764. The summed E-state index contributed by atoms with van der Waals surface area (Å²) in [6, 6.07) is 7.71. The lowest BCUT2D eigenvalue weighted by molar-refractivity contribution is -0.133. The number of hydrogen-bond acceptors (Lipinski definition) is 4. The topological polar surface area (TPSA) is 48.3 Å². The third-order valence-electron chi connectivity index (χ3n) is 5.10. The maximum absolute atomic E-state index is 13.0. The van der Waals surface area contributed by atoms with Crippen molar-refractivity contribution in [2.45, 2.75) is 37.8 Å². The summed E-state index contributed by atoms with van der Waals surface area (Å²) in [5, 5.41) is 10.5. The van der Waals surface area contributed by atoms with Gasteiger partial charge in [-0.3, -0.25) is 9.80 Å². The molecule has 5 nitrogen and oxygen atoms in total. The summed E-state index contributed by atoms with van der Waals surface area (Å²) < 4.78 is 0. The number of nitrogens with zero attached hydrogens (tertiary/aromatic N) is 4. The van der Waals surface area contributed by atoms with Gasteiger partial charge >= 0.3 is 0 Å². The molecule has 1 aromatic rings. The van der Waals surface area contributed by atoms with Gasteiger partial charge in [-0.05, 0) is 29.5 Å². The largest absolute Gasteiger partial charge is 0.341 e. The van der Waals surface area contributed by atoms with Crippen molar-refractivity contribution >= 4 is 11.5 Å². The molecule has 23 heavy (non-hydrogen) atoms. The maximum Gasteiger partial charge on any atom is 0.251 e. The molecule has 0 bridgehead atoms. The molecule has 120 valence electrons. The molecule has 2 atom stereocenters. The van der Waals surface area contributed by atoms with Gasteiger partial charge in [-0.15, -0.1) is 0 Å². The van der Waals surface area contributed by atoms with E-state index in [0.717, 1.165) is 42.6 Å². The summed E-state index contributed by atoms with van der Waals surface area (Å²) >= 11 is 0. The second kappa shape index (κ2) is 5.80. The minimum Gasteiger partial charge on any atom is -0.341 e. The van der Waals surface area contributed by atoms with Gasteiger partial charge in [0.1, 0.15) is 6.04 Å². The van der Waals surface area contributed by atoms with Gasteiger partial charge in [-0.25, -0.2) is 0 Å². The molecule has 3 heterocycles. The number of amides is 1. The zero-order chi connectivity index (χ0) is 15.8. The van der Waals surface area contributed by atoms with Crippen LogP contribution in [0.1, 0.15) is 42.9 Å². The van der Waals surface area contributed by atoms with Crippen LogP contribution in [0.5, 0.6) is 0 Å². The highest BCUT2D eigenvalue weighted by atomic mass is 16.2. The number of hydrogen-bond donors (Lipinski definition) is 0. The smallest absolute Gasteiger partial charge is 0.251 e. The van der Waals surface area contributed by atoms with E-state index in [1.165, 1.54) is 12.8 Å². The average molecular weight is 310 g/mol. The first-order valence-electron chi connectivity index (χ1n) is 8.49. The molecule has 1 saturated heterocycles. The molecular weight excluding hydrogens is 288 g/mol. The van der Waals surface area contributed by atoms with Gasteiger partial charge in [0, 0.05) is 13.1 Å². The molecule has 0 unspecified atom stereocenters. The van der Waals surface area contributed by atoms with Crippen LogP contribution in [0.4, 0.5) is 0 Å². The van der Waals surface area contributed by atoms with Gasteiger partial charge in [0.15, 0.2) is 6.04 Å². The molecule has 0 saturated carbocycles. The summed E-state index contributed by atoms with van der Waals surface area (Å²) in [7, 11) is 0. The fraction of sp³-hybridized carbons (Fsp3) is 0.500. The quantitative estimate of drug-likeness (QED) is 0.799. The van der Waals surface area contributed by atoms with Gasteiger partial charge in [0.25, 0.3) is 5.91 Å². The van der Waals surface area contributed by atoms with Crippen LogP contribution < -0.4 is 0 Å². The van der Waals surface area contributed by atoms with E-state index >= 15 is 0 Å². The molecule has 0 spiro atoms. The standard InChI is InChI=1S/C18H22N4O/c1-13-12-22-17(15-9-5-4-8-14(13)15)16(19-20-22)18(23)21-10-6-2-3-7-11-21/h4-5,8-9,16-17H,1-3,6-7,10-12H2/t16-,17+/m1/s1. The summed E-state index contributed by atoms with van der Waals surface area (Å²) in [6.07, 6.45) is 4.62. The van der Waals surface area contributed by atoms with Crippen LogP contribution in [-0.2, 0) is 4.79 Å². The number of carbonyl (C=O) groups is 1. The molecule has 5 heteroatoms. The van der Waals surface area contributed by atoms with Crippen molar-refractivity contribution in [1.29, 1.82) is 0 Å². The van der Waals surface area contributed by atoms with Crippen molar-refractivity contribution in [1.82, 2.24) is 9.91 Å². The molecule has 3 aliphatic rings. The van der Waals surface area contributed by atoms with Crippen molar-refractivity contribution in [3.05, 3.63) is 42.0 Å².